The Bertz CT molecular complexity index is 534. The highest BCUT2D eigenvalue weighted by Crippen LogP contribution is 2.35. The Morgan fingerprint density at radius 3 is 2.71 bits per heavy atom. The molecule has 1 aromatic carbocycles. The lowest BCUT2D eigenvalue weighted by Gasteiger charge is -2.22. The first-order valence-corrected chi connectivity index (χ1v) is 7.60. The second-order valence-corrected chi connectivity index (χ2v) is 5.70. The van der Waals surface area contributed by atoms with Crippen molar-refractivity contribution in [2.24, 2.45) is 5.92 Å². The summed E-state index contributed by atoms with van der Waals surface area (Å²) in [6.07, 6.45) is 11.3. The lowest BCUT2D eigenvalue weighted by Crippen LogP contribution is -2.06. The van der Waals surface area contributed by atoms with E-state index >= 15 is 0 Å². The number of halogens is 2. The van der Waals surface area contributed by atoms with E-state index in [0.29, 0.717) is 5.92 Å². The fourth-order valence-electron chi connectivity index (χ4n) is 2.90. The first kappa shape index (κ1) is 15.7. The summed E-state index contributed by atoms with van der Waals surface area (Å²) in [7, 11) is 0. The monoisotopic (exact) mass is 292 g/mol. The van der Waals surface area contributed by atoms with Gasteiger partial charge in [-0.25, -0.2) is 4.39 Å². The van der Waals surface area contributed by atoms with Crippen LogP contribution in [0, 0.1) is 17.6 Å². The van der Waals surface area contributed by atoms with Crippen molar-refractivity contribution in [3.8, 4) is 5.75 Å². The van der Waals surface area contributed by atoms with Crippen molar-refractivity contribution >= 4 is 5.57 Å². The van der Waals surface area contributed by atoms with E-state index < -0.39 is 17.4 Å². The molecule has 21 heavy (non-hydrogen) atoms. The molecule has 0 saturated heterocycles. The Labute approximate surface area is 125 Å². The maximum absolute atomic E-state index is 13.8. The van der Waals surface area contributed by atoms with Gasteiger partial charge in [0, 0.05) is 5.56 Å². The third-order valence-electron chi connectivity index (χ3n) is 4.20. The molecule has 114 valence electrons. The number of aromatic hydroxyl groups is 1. The minimum atomic E-state index is -1.15. The number of allylic oxidation sites excluding steroid dienone is 3. The Kier molecular flexibility index (Phi) is 5.54. The molecule has 0 saturated carbocycles. The number of rotatable bonds is 6. The van der Waals surface area contributed by atoms with Crippen molar-refractivity contribution in [1.29, 1.82) is 0 Å². The van der Waals surface area contributed by atoms with E-state index in [9.17, 15) is 8.78 Å². The zero-order valence-corrected chi connectivity index (χ0v) is 12.2. The van der Waals surface area contributed by atoms with Gasteiger partial charge in [-0.1, -0.05) is 25.0 Å². The van der Waals surface area contributed by atoms with E-state index in [-0.39, 0.29) is 5.56 Å². The second kappa shape index (κ2) is 7.39. The average molecular weight is 292 g/mol. The smallest absolute Gasteiger partial charge is 0.200 e. The normalized spacial score (nSPS) is 18.4. The highest BCUT2D eigenvalue weighted by molar-refractivity contribution is 5.67. The van der Waals surface area contributed by atoms with Crippen molar-refractivity contribution in [2.75, 3.05) is 0 Å². The lowest BCUT2D eigenvalue weighted by molar-refractivity contribution is 0.405. The van der Waals surface area contributed by atoms with E-state index in [2.05, 4.69) is 6.58 Å². The fourth-order valence-corrected chi connectivity index (χ4v) is 2.90. The van der Waals surface area contributed by atoms with E-state index in [1.807, 2.05) is 12.2 Å². The van der Waals surface area contributed by atoms with Gasteiger partial charge in [0.25, 0.3) is 0 Å². The molecule has 1 unspecified atom stereocenters. The minimum Gasteiger partial charge on any atom is -0.505 e. The first-order valence-electron chi connectivity index (χ1n) is 7.60. The van der Waals surface area contributed by atoms with E-state index in [1.165, 1.54) is 31.4 Å². The van der Waals surface area contributed by atoms with Crippen LogP contribution >= 0.6 is 0 Å². The van der Waals surface area contributed by atoms with Crippen molar-refractivity contribution in [3.05, 3.63) is 48.1 Å². The summed E-state index contributed by atoms with van der Waals surface area (Å²) in [5, 5.41) is 9.16. The lowest BCUT2D eigenvalue weighted by atomic mass is 9.83. The second-order valence-electron chi connectivity index (χ2n) is 5.70. The number of hydrogen-bond acceptors (Lipinski definition) is 1. The van der Waals surface area contributed by atoms with E-state index in [1.54, 1.807) is 0 Å². The van der Waals surface area contributed by atoms with Crippen molar-refractivity contribution in [3.63, 3.8) is 0 Å². The van der Waals surface area contributed by atoms with Crippen LogP contribution in [0.15, 0.2) is 30.9 Å². The zero-order valence-electron chi connectivity index (χ0n) is 12.2. The van der Waals surface area contributed by atoms with Crippen LogP contribution in [0.4, 0.5) is 8.78 Å². The van der Waals surface area contributed by atoms with Gasteiger partial charge in [-0.2, -0.15) is 4.39 Å². The number of benzene rings is 1. The zero-order chi connectivity index (χ0) is 15.2. The Morgan fingerprint density at radius 2 is 2.05 bits per heavy atom. The van der Waals surface area contributed by atoms with Crippen LogP contribution in [0.3, 0.4) is 0 Å². The fraction of sp³-hybridized carbons (Fsp3) is 0.444. The summed E-state index contributed by atoms with van der Waals surface area (Å²) < 4.78 is 27.2. The molecule has 0 heterocycles. The largest absolute Gasteiger partial charge is 0.505 e. The molecule has 3 heteroatoms. The van der Waals surface area contributed by atoms with Crippen LogP contribution in [0.25, 0.3) is 5.57 Å². The van der Waals surface area contributed by atoms with Gasteiger partial charge >= 0.3 is 0 Å². The summed E-state index contributed by atoms with van der Waals surface area (Å²) >= 11 is 0. The Balaban J connectivity index is 1.97. The molecule has 1 nitrogen and oxygen atoms in total. The van der Waals surface area contributed by atoms with Crippen molar-refractivity contribution in [2.45, 2.75) is 44.9 Å². The summed E-state index contributed by atoms with van der Waals surface area (Å²) in [5.74, 6) is -2.08. The quantitative estimate of drug-likeness (QED) is 0.534. The average Bonchev–Trinajstić information content (AvgIpc) is 2.50. The third kappa shape index (κ3) is 3.93. The van der Waals surface area contributed by atoms with Gasteiger partial charge in [-0.15, -0.1) is 6.58 Å². The third-order valence-corrected chi connectivity index (χ3v) is 4.20. The molecule has 1 aromatic rings. The van der Waals surface area contributed by atoms with Crippen LogP contribution in [0.2, 0.25) is 0 Å². The molecule has 0 fully saturated rings. The molecule has 0 spiro atoms. The predicted molar refractivity (Wildman–Crippen MR) is 82.0 cm³/mol. The minimum absolute atomic E-state index is 0.287. The molecular weight excluding hydrogens is 270 g/mol. The maximum Gasteiger partial charge on any atom is 0.200 e. The van der Waals surface area contributed by atoms with E-state index in [4.69, 9.17) is 5.11 Å². The van der Waals surface area contributed by atoms with E-state index in [0.717, 1.165) is 31.3 Å². The highest BCUT2D eigenvalue weighted by atomic mass is 19.2. The summed E-state index contributed by atoms with van der Waals surface area (Å²) in [6.45, 7) is 3.72. The van der Waals surface area contributed by atoms with Crippen LogP contribution in [0.5, 0.6) is 5.75 Å². The molecule has 1 aliphatic carbocycles. The topological polar surface area (TPSA) is 20.2 Å². The molecule has 2 rings (SSSR count). The standard InChI is InChI=1S/C18H22F2O/c1-2-3-4-5-6-13-7-9-14(10-8-13)15-11-12-16(21)18(20)17(15)19/h2,9,11-13,21H,1,3-8,10H2. The van der Waals surface area contributed by atoms with Crippen LogP contribution < -0.4 is 0 Å². The number of phenolic OH excluding ortho intramolecular Hbond substituents is 1. The number of phenols is 1. The van der Waals surface area contributed by atoms with Crippen molar-refractivity contribution < 1.29 is 13.9 Å². The van der Waals surface area contributed by atoms with Crippen LogP contribution in [-0.4, -0.2) is 5.11 Å². The Hall–Kier alpha value is -1.64. The van der Waals surface area contributed by atoms with Gasteiger partial charge in [0.1, 0.15) is 0 Å². The van der Waals surface area contributed by atoms with Crippen LogP contribution in [0.1, 0.15) is 50.5 Å². The predicted octanol–water partition coefficient (Wildman–Crippen LogP) is 5.60. The molecule has 1 aliphatic rings. The summed E-state index contributed by atoms with van der Waals surface area (Å²) in [5.41, 5.74) is 1.14. The molecule has 0 radical (unpaired) electrons. The van der Waals surface area contributed by atoms with Gasteiger partial charge < -0.3 is 5.11 Å². The molecular formula is C18H22F2O. The molecule has 1 atom stereocenters. The highest BCUT2D eigenvalue weighted by Gasteiger charge is 2.20. The molecule has 0 aliphatic heterocycles. The number of hydrogen-bond donors (Lipinski definition) is 1. The van der Waals surface area contributed by atoms with Gasteiger partial charge in [0.2, 0.25) is 5.82 Å². The molecule has 0 amide bonds. The first-order chi connectivity index (χ1) is 10.1. The maximum atomic E-state index is 13.8. The van der Waals surface area contributed by atoms with Crippen molar-refractivity contribution in [1.82, 2.24) is 0 Å². The SMILES string of the molecule is C=CCCCCC1CC=C(c2ccc(O)c(F)c2F)CC1. The van der Waals surface area contributed by atoms with Crippen LogP contribution in [-0.2, 0) is 0 Å². The summed E-state index contributed by atoms with van der Waals surface area (Å²) in [4.78, 5) is 0. The molecule has 1 N–H and O–H groups in total. The Morgan fingerprint density at radius 1 is 1.24 bits per heavy atom. The van der Waals surface area contributed by atoms with Gasteiger partial charge in [0.15, 0.2) is 11.6 Å². The van der Waals surface area contributed by atoms with Gasteiger partial charge in [-0.3, -0.25) is 0 Å². The molecule has 0 aromatic heterocycles. The molecule has 0 bridgehead atoms. The summed E-state index contributed by atoms with van der Waals surface area (Å²) in [6, 6.07) is 2.68. The van der Waals surface area contributed by atoms with Gasteiger partial charge in [0.05, 0.1) is 0 Å². The van der Waals surface area contributed by atoms with Gasteiger partial charge in [-0.05, 0) is 55.7 Å². The number of unbranched alkanes of at least 4 members (excludes halogenated alkanes) is 2.